The lowest BCUT2D eigenvalue weighted by molar-refractivity contribution is -0.142. The number of hydrogen-bond acceptors (Lipinski definition) is 18. The number of unbranched alkanes of at least 4 members (excludes halogenated alkanes) is 1. The van der Waals surface area contributed by atoms with E-state index in [2.05, 4.69) is 53.2 Å². The maximum atomic E-state index is 14.1. The number of amides is 10. The van der Waals surface area contributed by atoms with Gasteiger partial charge in [0.25, 0.3) is 0 Å². The average Bonchev–Trinajstić information content (AvgIpc) is 3.38. The predicted molar refractivity (Wildman–Crippen MR) is 293 cm³/mol. The van der Waals surface area contributed by atoms with Crippen LogP contribution >= 0.6 is 11.8 Å². The predicted octanol–water partition coefficient (Wildman–Crippen LogP) is -5.77. The highest BCUT2D eigenvalue weighted by Crippen LogP contribution is 2.13. The van der Waals surface area contributed by atoms with E-state index in [1.165, 1.54) is 25.6 Å². The summed E-state index contributed by atoms with van der Waals surface area (Å²) in [6.45, 7) is 7.41. The second-order valence-electron chi connectivity index (χ2n) is 19.6. The molecule has 0 aliphatic rings. The highest BCUT2D eigenvalue weighted by molar-refractivity contribution is 7.98. The minimum Gasteiger partial charge on any atom is -0.481 e. The topological polar surface area (TPSA) is 551 Å². The normalized spacial score (nSPS) is 15.1. The smallest absolute Gasteiger partial charge is 0.326 e. The Morgan fingerprint density at radius 3 is 1.54 bits per heavy atom. The first-order valence-electron chi connectivity index (χ1n) is 26.2. The van der Waals surface area contributed by atoms with Gasteiger partial charge in [-0.3, -0.25) is 62.9 Å². The fourth-order valence-electron chi connectivity index (χ4n) is 7.42. The van der Waals surface area contributed by atoms with Crippen LogP contribution in [-0.2, 0) is 62.3 Å². The van der Waals surface area contributed by atoms with Crippen molar-refractivity contribution in [2.24, 2.45) is 34.8 Å². The number of guanidine groups is 1. The number of nitrogens with two attached hydrogens (primary N) is 4. The summed E-state index contributed by atoms with van der Waals surface area (Å²) in [7, 11) is 0. The fourth-order valence-corrected chi connectivity index (χ4v) is 7.89. The van der Waals surface area contributed by atoms with E-state index in [1.807, 2.05) is 0 Å². The number of aliphatic hydroxyl groups excluding tert-OH is 1. The van der Waals surface area contributed by atoms with Crippen molar-refractivity contribution < 1.29 is 82.8 Å². The second kappa shape index (κ2) is 39.1. The van der Waals surface area contributed by atoms with Gasteiger partial charge < -0.3 is 96.5 Å². The van der Waals surface area contributed by atoms with Crippen molar-refractivity contribution in [3.63, 3.8) is 0 Å². The molecular weight excluding hydrogens is 1090 g/mol. The Bertz CT molecular complexity index is 2170. The zero-order valence-corrected chi connectivity index (χ0v) is 47.4. The van der Waals surface area contributed by atoms with E-state index in [0.29, 0.717) is 19.4 Å². The van der Waals surface area contributed by atoms with Gasteiger partial charge in [0.2, 0.25) is 59.1 Å². The van der Waals surface area contributed by atoms with E-state index in [9.17, 15) is 82.8 Å². The van der Waals surface area contributed by atoms with Crippen molar-refractivity contribution in [1.29, 1.82) is 5.41 Å². The van der Waals surface area contributed by atoms with E-state index < -0.39 is 182 Å². The second-order valence-corrected chi connectivity index (χ2v) is 20.5. The number of thioether (sulfide) groups is 1. The molecule has 0 aliphatic heterocycles. The molecule has 11 atom stereocenters. The molecule has 0 spiro atoms. The van der Waals surface area contributed by atoms with Gasteiger partial charge in [0.1, 0.15) is 54.4 Å². The Labute approximate surface area is 473 Å². The number of aliphatic carboxylic acids is 3. The number of rotatable bonds is 42. The molecule has 10 amide bonds. The first kappa shape index (κ1) is 73.6. The molecule has 460 valence electrons. The monoisotopic (exact) mass is 1180 g/mol. The van der Waals surface area contributed by atoms with E-state index in [0.717, 1.165) is 0 Å². The standard InChI is InChI=1S/C48H85N15O17S/c1-7-24(4)38(63-44(76)32(21-36(69)70)62-45(77)37(51)25(5)64)46(78)59-27(13-14-35(67)68)41(73)58-28(15-18-81-6)42(74)61-31(20-33(50)65)43(75)57-26(12-10-17-54-48(52)53)40(72)60-30(19-23(2)3)39(71)55-22-34(66)56-29(47(79)80)11-8-9-16-49/h23-32,37-38,64H,7-22,49,51H2,1-6H3,(H2,50,65)(H,55,71)(H,56,66)(H,57,75)(H,58,73)(H,59,78)(H,60,72)(H,61,74)(H,62,77)(H,63,76)(H,67,68)(H,69,70)(H,79,80)(H4,52,53,54)/t24-,25+,26-,27-,28-,29-,30-,31-,32-,37-,38-/m0/s1. The van der Waals surface area contributed by atoms with E-state index in [-0.39, 0.29) is 56.7 Å². The molecule has 0 bridgehead atoms. The molecule has 0 aromatic carbocycles. The summed E-state index contributed by atoms with van der Waals surface area (Å²) >= 11 is 1.22. The molecule has 81 heavy (non-hydrogen) atoms. The van der Waals surface area contributed by atoms with Crippen LogP contribution in [-0.4, -0.2) is 195 Å². The largest absolute Gasteiger partial charge is 0.481 e. The number of aliphatic hydroxyl groups is 1. The summed E-state index contributed by atoms with van der Waals surface area (Å²) in [5.41, 5.74) is 22.0. The molecule has 0 saturated heterocycles. The average molecular weight is 1180 g/mol. The molecule has 0 saturated carbocycles. The van der Waals surface area contributed by atoms with Gasteiger partial charge in [-0.25, -0.2) is 4.79 Å². The van der Waals surface area contributed by atoms with Crippen molar-refractivity contribution in [3.05, 3.63) is 0 Å². The molecule has 0 unspecified atom stereocenters. The molecule has 32 nitrogen and oxygen atoms in total. The minimum absolute atomic E-state index is 0.0000301. The molecule has 23 N–H and O–H groups in total. The van der Waals surface area contributed by atoms with Gasteiger partial charge in [-0.2, -0.15) is 11.8 Å². The van der Waals surface area contributed by atoms with Gasteiger partial charge in [-0.1, -0.05) is 34.1 Å². The summed E-state index contributed by atoms with van der Waals surface area (Å²) in [6, 6.07) is -14.2. The van der Waals surface area contributed by atoms with Crippen molar-refractivity contribution in [1.82, 2.24) is 53.2 Å². The Balaban J connectivity index is 6.83. The zero-order valence-electron chi connectivity index (χ0n) is 46.6. The van der Waals surface area contributed by atoms with Crippen molar-refractivity contribution in [2.75, 3.05) is 31.6 Å². The maximum Gasteiger partial charge on any atom is 0.326 e. The van der Waals surface area contributed by atoms with Gasteiger partial charge >= 0.3 is 17.9 Å². The van der Waals surface area contributed by atoms with Crippen molar-refractivity contribution >= 4 is 94.7 Å². The van der Waals surface area contributed by atoms with Gasteiger partial charge in [-0.05, 0) is 88.7 Å². The number of carboxylic acids is 3. The molecule has 0 aromatic rings. The van der Waals surface area contributed by atoms with Crippen LogP contribution in [0.5, 0.6) is 0 Å². The van der Waals surface area contributed by atoms with E-state index >= 15 is 0 Å². The third kappa shape index (κ3) is 30.7. The van der Waals surface area contributed by atoms with Gasteiger partial charge in [-0.15, -0.1) is 0 Å². The minimum atomic E-state index is -1.84. The van der Waals surface area contributed by atoms with Crippen LogP contribution in [0.4, 0.5) is 0 Å². The maximum absolute atomic E-state index is 14.1. The number of carboxylic acid groups (broad SMARTS) is 3. The number of carbonyl (C=O) groups is 13. The third-order valence-electron chi connectivity index (χ3n) is 12.2. The van der Waals surface area contributed by atoms with Crippen LogP contribution < -0.4 is 76.1 Å². The number of hydrogen-bond donors (Lipinski definition) is 19. The van der Waals surface area contributed by atoms with Crippen molar-refractivity contribution in [2.45, 2.75) is 172 Å². The van der Waals surface area contributed by atoms with Crippen LogP contribution in [0.3, 0.4) is 0 Å². The Hall–Kier alpha value is -7.39. The zero-order chi connectivity index (χ0) is 62.1. The quantitative estimate of drug-likeness (QED) is 0.0154. The molecule has 0 aromatic heterocycles. The molecule has 0 aliphatic carbocycles. The van der Waals surface area contributed by atoms with Crippen molar-refractivity contribution in [3.8, 4) is 0 Å². The summed E-state index contributed by atoms with van der Waals surface area (Å²) in [5.74, 6) is -16.0. The van der Waals surface area contributed by atoms with Crippen LogP contribution in [0.25, 0.3) is 0 Å². The summed E-state index contributed by atoms with van der Waals surface area (Å²) in [6.07, 6.45) is -2.05. The Morgan fingerprint density at radius 2 is 1.05 bits per heavy atom. The first-order chi connectivity index (χ1) is 37.9. The summed E-state index contributed by atoms with van der Waals surface area (Å²) in [4.78, 5) is 170. The highest BCUT2D eigenvalue weighted by Gasteiger charge is 2.37. The number of nitrogens with one attached hydrogen (secondary N) is 11. The van der Waals surface area contributed by atoms with E-state index in [1.54, 1.807) is 27.0 Å². The van der Waals surface area contributed by atoms with Crippen LogP contribution in [0.1, 0.15) is 112 Å². The molecule has 0 rings (SSSR count). The van der Waals surface area contributed by atoms with Crippen LogP contribution in [0.15, 0.2) is 0 Å². The molecule has 0 fully saturated rings. The number of carbonyl (C=O) groups excluding carboxylic acids is 10. The molecule has 0 heterocycles. The first-order valence-corrected chi connectivity index (χ1v) is 27.6. The molecule has 0 radical (unpaired) electrons. The van der Waals surface area contributed by atoms with Gasteiger partial charge in [0, 0.05) is 13.0 Å². The lowest BCUT2D eigenvalue weighted by Gasteiger charge is -2.29. The van der Waals surface area contributed by atoms with Gasteiger partial charge in [0.15, 0.2) is 5.96 Å². The molecule has 33 heteroatoms. The number of primary amides is 1. The molecular formula is C48H85N15O17S. The lowest BCUT2D eigenvalue weighted by Crippen LogP contribution is -2.61. The third-order valence-corrected chi connectivity index (χ3v) is 12.8. The van der Waals surface area contributed by atoms with Crippen LogP contribution in [0.2, 0.25) is 0 Å². The summed E-state index contributed by atoms with van der Waals surface area (Å²) < 4.78 is 0. The van der Waals surface area contributed by atoms with Crippen LogP contribution in [0, 0.1) is 17.2 Å². The Morgan fingerprint density at radius 1 is 0.556 bits per heavy atom. The lowest BCUT2D eigenvalue weighted by atomic mass is 9.96. The summed E-state index contributed by atoms with van der Waals surface area (Å²) in [5, 5.41) is 69.7. The highest BCUT2D eigenvalue weighted by atomic mass is 32.2. The van der Waals surface area contributed by atoms with E-state index in [4.69, 9.17) is 28.3 Å². The SMILES string of the molecule is CC[C@H](C)[C@H](NC(=O)[C@H](CC(=O)O)NC(=O)[C@@H](N)[C@@H](C)O)C(=O)N[C@@H](CCC(=O)O)C(=O)N[C@@H](CCSC)C(=O)N[C@@H](CC(N)=O)C(=O)N[C@@H](CCCNC(=N)N)C(=O)N[C@@H](CC(C)C)C(=O)NCC(=O)N[C@@H](CCCCN)C(=O)O. The Kier molecular flexibility index (Phi) is 35.5. The van der Waals surface area contributed by atoms with Gasteiger partial charge in [0.05, 0.1) is 25.5 Å². The fraction of sp³-hybridized carbons (Fsp3) is 0.708.